The Hall–Kier alpha value is -2.25. The van der Waals surface area contributed by atoms with Gasteiger partial charge in [-0.3, -0.25) is 4.90 Å². The lowest BCUT2D eigenvalue weighted by atomic mass is 10.2. The van der Waals surface area contributed by atoms with Gasteiger partial charge < -0.3 is 17.0 Å². The van der Waals surface area contributed by atoms with E-state index in [-0.39, 0.29) is 17.0 Å². The van der Waals surface area contributed by atoms with Gasteiger partial charge in [0.25, 0.3) is 0 Å². The average molecular weight is 490 g/mol. The molecule has 0 aliphatic rings. The van der Waals surface area contributed by atoms with Crippen LogP contribution >= 0.6 is 7.26 Å². The third-order valence-electron chi connectivity index (χ3n) is 5.70. The number of hydrogen-bond acceptors (Lipinski definition) is 1. The van der Waals surface area contributed by atoms with Gasteiger partial charge in [-0.15, -0.1) is 0 Å². The molecule has 1 nitrogen and oxygen atoms in total. The standard InChI is InChI=1S/C28H29NP.BrH/c1-29(24-25-14-6-2-7-15-25)22-23-30(26-16-8-3-9-17-26,27-18-10-4-11-19-27)28-20-12-5-13-21-28;/h2-21H,22-24H2,1H3;1H/q+1;/p-1. The molecule has 158 valence electrons. The molecule has 0 atom stereocenters. The highest BCUT2D eigenvalue weighted by atomic mass is 79.9. The van der Waals surface area contributed by atoms with Crippen LogP contribution in [0.25, 0.3) is 0 Å². The van der Waals surface area contributed by atoms with Crippen LogP contribution in [0.15, 0.2) is 121 Å². The summed E-state index contributed by atoms with van der Waals surface area (Å²) in [5, 5.41) is 4.36. The van der Waals surface area contributed by atoms with E-state index >= 15 is 0 Å². The van der Waals surface area contributed by atoms with Crippen molar-refractivity contribution in [1.29, 1.82) is 0 Å². The van der Waals surface area contributed by atoms with Crippen molar-refractivity contribution < 1.29 is 17.0 Å². The Bertz CT molecular complexity index is 927. The summed E-state index contributed by atoms with van der Waals surface area (Å²) < 4.78 is 0. The lowest BCUT2D eigenvalue weighted by Crippen LogP contribution is -3.00. The number of rotatable bonds is 8. The summed E-state index contributed by atoms with van der Waals surface area (Å²) in [6.45, 7) is 2.01. The predicted octanol–water partition coefficient (Wildman–Crippen LogP) is 2.12. The van der Waals surface area contributed by atoms with Gasteiger partial charge in [-0.05, 0) is 49.0 Å². The van der Waals surface area contributed by atoms with E-state index < -0.39 is 7.26 Å². The summed E-state index contributed by atoms with van der Waals surface area (Å²) in [6.07, 6.45) is 1.12. The fraction of sp³-hybridized carbons (Fsp3) is 0.143. The van der Waals surface area contributed by atoms with E-state index in [1.54, 1.807) is 0 Å². The lowest BCUT2D eigenvalue weighted by molar-refractivity contribution is -0.00000592. The maximum absolute atomic E-state index is 2.46. The Labute approximate surface area is 197 Å². The summed E-state index contributed by atoms with van der Waals surface area (Å²) in [7, 11) is 0.485. The number of benzene rings is 4. The molecule has 4 aromatic rings. The Balaban J connectivity index is 0.00000272. The molecule has 4 rings (SSSR count). The van der Waals surface area contributed by atoms with E-state index in [1.165, 1.54) is 21.5 Å². The van der Waals surface area contributed by atoms with Crippen molar-refractivity contribution in [3.05, 3.63) is 127 Å². The quantitative estimate of drug-likeness (QED) is 0.342. The average Bonchev–Trinajstić information content (AvgIpc) is 2.82. The molecule has 0 amide bonds. The molecule has 0 bridgehead atoms. The molecule has 0 saturated carbocycles. The highest BCUT2D eigenvalue weighted by molar-refractivity contribution is 7.95. The molecule has 4 aromatic carbocycles. The molecule has 3 heteroatoms. The SMILES string of the molecule is CN(CC[P+](c1ccccc1)(c1ccccc1)c1ccccc1)Cc1ccccc1.[Br-]. The van der Waals surface area contributed by atoms with E-state index in [4.69, 9.17) is 0 Å². The van der Waals surface area contributed by atoms with Crippen LogP contribution in [0.2, 0.25) is 0 Å². The molecular weight excluding hydrogens is 461 g/mol. The first-order valence-electron chi connectivity index (χ1n) is 10.6. The van der Waals surface area contributed by atoms with Crippen molar-refractivity contribution in [3.8, 4) is 0 Å². The zero-order chi connectivity index (χ0) is 20.7. The van der Waals surface area contributed by atoms with E-state index in [2.05, 4.69) is 133 Å². The zero-order valence-electron chi connectivity index (χ0n) is 17.9. The smallest absolute Gasteiger partial charge is 0.113 e. The normalized spacial score (nSPS) is 11.2. The van der Waals surface area contributed by atoms with Gasteiger partial charge >= 0.3 is 0 Å². The minimum absolute atomic E-state index is 0. The maximum Gasteiger partial charge on any atom is 0.113 e. The van der Waals surface area contributed by atoms with Crippen molar-refractivity contribution in [2.24, 2.45) is 0 Å². The van der Waals surface area contributed by atoms with Crippen LogP contribution < -0.4 is 32.9 Å². The van der Waals surface area contributed by atoms with E-state index in [9.17, 15) is 0 Å². The van der Waals surface area contributed by atoms with Crippen LogP contribution in [0.4, 0.5) is 0 Å². The topological polar surface area (TPSA) is 3.24 Å². The van der Waals surface area contributed by atoms with Gasteiger partial charge in [0.2, 0.25) is 0 Å². The van der Waals surface area contributed by atoms with Gasteiger partial charge in [0.15, 0.2) is 0 Å². The van der Waals surface area contributed by atoms with E-state index in [0.29, 0.717) is 0 Å². The summed E-state index contributed by atoms with van der Waals surface area (Å²) >= 11 is 0. The lowest BCUT2D eigenvalue weighted by Gasteiger charge is -2.29. The maximum atomic E-state index is 2.46. The van der Waals surface area contributed by atoms with Gasteiger partial charge in [0, 0.05) is 13.1 Å². The highest BCUT2D eigenvalue weighted by Crippen LogP contribution is 2.55. The number of halogens is 1. The van der Waals surface area contributed by atoms with Crippen LogP contribution in [0.3, 0.4) is 0 Å². The largest absolute Gasteiger partial charge is 1.00 e. The minimum atomic E-state index is -1.75. The molecule has 0 N–H and O–H groups in total. The monoisotopic (exact) mass is 489 g/mol. The van der Waals surface area contributed by atoms with Crippen LogP contribution in [0.1, 0.15) is 5.56 Å². The second-order valence-corrected chi connectivity index (χ2v) is 11.4. The Kier molecular flexibility index (Phi) is 8.60. The summed E-state index contributed by atoms with van der Waals surface area (Å²) in [5.41, 5.74) is 1.36. The summed E-state index contributed by atoms with van der Waals surface area (Å²) in [4.78, 5) is 2.46. The molecule has 31 heavy (non-hydrogen) atoms. The number of nitrogens with zero attached hydrogens (tertiary/aromatic N) is 1. The highest BCUT2D eigenvalue weighted by Gasteiger charge is 2.44. The van der Waals surface area contributed by atoms with Gasteiger partial charge in [0.1, 0.15) is 23.2 Å². The molecule has 0 unspecified atom stereocenters. The molecule has 0 spiro atoms. The molecule has 0 aliphatic carbocycles. The Morgan fingerprint density at radius 3 is 1.29 bits per heavy atom. The fourth-order valence-corrected chi connectivity index (χ4v) is 8.53. The van der Waals surface area contributed by atoms with Crippen molar-refractivity contribution >= 4 is 23.2 Å². The fourth-order valence-electron chi connectivity index (χ4n) is 4.18. The van der Waals surface area contributed by atoms with E-state index in [1.807, 2.05) is 0 Å². The van der Waals surface area contributed by atoms with Crippen LogP contribution in [0.5, 0.6) is 0 Å². The zero-order valence-corrected chi connectivity index (χ0v) is 20.4. The van der Waals surface area contributed by atoms with Crippen molar-refractivity contribution in [2.45, 2.75) is 6.54 Å². The van der Waals surface area contributed by atoms with Gasteiger partial charge in [-0.2, -0.15) is 0 Å². The molecular formula is C28H29BrNP. The van der Waals surface area contributed by atoms with Crippen molar-refractivity contribution in [1.82, 2.24) is 4.90 Å². The first-order chi connectivity index (χ1) is 14.8. The predicted molar refractivity (Wildman–Crippen MR) is 133 cm³/mol. The third-order valence-corrected chi connectivity index (χ3v) is 10.1. The Morgan fingerprint density at radius 1 is 0.548 bits per heavy atom. The summed E-state index contributed by atoms with van der Waals surface area (Å²) in [6, 6.07) is 44.2. The first kappa shape index (κ1) is 23.4. The van der Waals surface area contributed by atoms with Crippen molar-refractivity contribution in [2.75, 3.05) is 19.8 Å². The van der Waals surface area contributed by atoms with Crippen LogP contribution in [-0.4, -0.2) is 24.7 Å². The number of hydrogen-bond donors (Lipinski definition) is 0. The van der Waals surface area contributed by atoms with Crippen LogP contribution in [0, 0.1) is 0 Å². The minimum Gasteiger partial charge on any atom is -1.00 e. The molecule has 0 heterocycles. The molecule has 0 aliphatic heterocycles. The molecule has 0 saturated heterocycles. The van der Waals surface area contributed by atoms with Gasteiger partial charge in [-0.1, -0.05) is 84.9 Å². The molecule has 0 fully saturated rings. The summed E-state index contributed by atoms with van der Waals surface area (Å²) in [5.74, 6) is 0. The molecule has 0 aromatic heterocycles. The van der Waals surface area contributed by atoms with Crippen LogP contribution in [-0.2, 0) is 6.54 Å². The van der Waals surface area contributed by atoms with Gasteiger partial charge in [-0.25, -0.2) is 0 Å². The molecule has 0 radical (unpaired) electrons. The first-order valence-corrected chi connectivity index (χ1v) is 12.5. The second-order valence-electron chi connectivity index (χ2n) is 7.76. The Morgan fingerprint density at radius 2 is 0.903 bits per heavy atom. The van der Waals surface area contributed by atoms with E-state index in [0.717, 1.165) is 19.3 Å². The van der Waals surface area contributed by atoms with Gasteiger partial charge in [0.05, 0.1) is 6.16 Å². The van der Waals surface area contributed by atoms with Crippen molar-refractivity contribution in [3.63, 3.8) is 0 Å². The second kappa shape index (κ2) is 11.4. The third kappa shape index (κ3) is 5.52.